The molecule has 0 aromatic carbocycles. The summed E-state index contributed by atoms with van der Waals surface area (Å²) < 4.78 is 10.6. The monoisotopic (exact) mass is 282 g/mol. The quantitative estimate of drug-likeness (QED) is 0.713. The van der Waals surface area contributed by atoms with Crippen molar-refractivity contribution in [2.75, 3.05) is 44.0 Å². The Morgan fingerprint density at radius 2 is 1.95 bits per heavy atom. The molecule has 0 spiro atoms. The molecule has 0 amide bonds. The Labute approximate surface area is 118 Å². The highest BCUT2D eigenvalue weighted by Gasteiger charge is 2.30. The van der Waals surface area contributed by atoms with Crippen molar-refractivity contribution in [3.63, 3.8) is 0 Å². The lowest BCUT2D eigenvalue weighted by Crippen LogP contribution is -2.42. The van der Waals surface area contributed by atoms with Crippen LogP contribution in [0.15, 0.2) is 6.33 Å². The zero-order chi connectivity index (χ0) is 14.4. The van der Waals surface area contributed by atoms with Gasteiger partial charge in [0, 0.05) is 39.1 Å². The average molecular weight is 282 g/mol. The van der Waals surface area contributed by atoms with E-state index in [1.807, 2.05) is 6.92 Å². The van der Waals surface area contributed by atoms with Gasteiger partial charge in [-0.1, -0.05) is 0 Å². The SMILES string of the molecule is CCNc1ncnc(NCC2(O)CCOCC2)c1OC. The molecule has 2 heterocycles. The number of aromatic nitrogens is 2. The summed E-state index contributed by atoms with van der Waals surface area (Å²) in [6.45, 7) is 4.31. The van der Waals surface area contributed by atoms with Crippen LogP contribution in [0.3, 0.4) is 0 Å². The Balaban J connectivity index is 2.06. The van der Waals surface area contributed by atoms with Gasteiger partial charge in [0.15, 0.2) is 11.6 Å². The Bertz CT molecular complexity index is 436. The molecule has 1 aliphatic heterocycles. The van der Waals surface area contributed by atoms with Crippen LogP contribution in [-0.2, 0) is 4.74 Å². The minimum absolute atomic E-state index is 0.412. The maximum Gasteiger partial charge on any atom is 0.204 e. The van der Waals surface area contributed by atoms with Crippen LogP contribution in [0, 0.1) is 0 Å². The molecule has 112 valence electrons. The summed E-state index contributed by atoms with van der Waals surface area (Å²) in [5.74, 6) is 1.79. The van der Waals surface area contributed by atoms with Crippen LogP contribution >= 0.6 is 0 Å². The van der Waals surface area contributed by atoms with Crippen LogP contribution in [0.5, 0.6) is 5.75 Å². The minimum Gasteiger partial charge on any atom is -0.490 e. The zero-order valence-electron chi connectivity index (χ0n) is 12.0. The van der Waals surface area contributed by atoms with Gasteiger partial charge in [-0.3, -0.25) is 0 Å². The van der Waals surface area contributed by atoms with E-state index in [1.54, 1.807) is 7.11 Å². The molecule has 0 atom stereocenters. The zero-order valence-corrected chi connectivity index (χ0v) is 12.0. The molecule has 2 rings (SSSR count). The molecule has 1 aromatic heterocycles. The van der Waals surface area contributed by atoms with E-state index in [0.717, 1.165) is 6.54 Å². The number of ether oxygens (including phenoxy) is 2. The lowest BCUT2D eigenvalue weighted by atomic mass is 9.94. The highest BCUT2D eigenvalue weighted by Crippen LogP contribution is 2.30. The largest absolute Gasteiger partial charge is 0.490 e. The standard InChI is InChI=1S/C13H22N4O3/c1-3-14-11-10(19-2)12(17-9-16-11)15-8-13(18)4-6-20-7-5-13/h9,18H,3-8H2,1-2H3,(H2,14,15,16,17). The lowest BCUT2D eigenvalue weighted by Gasteiger charge is -2.32. The Morgan fingerprint density at radius 3 is 2.55 bits per heavy atom. The Hall–Kier alpha value is -1.60. The molecule has 0 aliphatic carbocycles. The smallest absolute Gasteiger partial charge is 0.204 e. The van der Waals surface area contributed by atoms with Crippen LogP contribution in [0.25, 0.3) is 0 Å². The highest BCUT2D eigenvalue weighted by atomic mass is 16.5. The van der Waals surface area contributed by atoms with Gasteiger partial charge in [-0.15, -0.1) is 0 Å². The second-order valence-corrected chi connectivity index (χ2v) is 4.82. The van der Waals surface area contributed by atoms with Gasteiger partial charge in [0.05, 0.1) is 12.7 Å². The molecule has 0 unspecified atom stereocenters. The maximum atomic E-state index is 10.4. The molecule has 0 radical (unpaired) electrons. The number of nitrogens with one attached hydrogen (secondary N) is 2. The van der Waals surface area contributed by atoms with Crippen molar-refractivity contribution < 1.29 is 14.6 Å². The third kappa shape index (κ3) is 3.49. The van der Waals surface area contributed by atoms with Crippen LogP contribution in [0.2, 0.25) is 0 Å². The highest BCUT2D eigenvalue weighted by molar-refractivity contribution is 5.63. The van der Waals surface area contributed by atoms with E-state index in [2.05, 4.69) is 20.6 Å². The fourth-order valence-corrected chi connectivity index (χ4v) is 2.16. The van der Waals surface area contributed by atoms with Crippen molar-refractivity contribution in [1.29, 1.82) is 0 Å². The number of aliphatic hydroxyl groups is 1. The van der Waals surface area contributed by atoms with Gasteiger partial charge in [-0.25, -0.2) is 9.97 Å². The van der Waals surface area contributed by atoms with Gasteiger partial charge in [0.25, 0.3) is 0 Å². The molecule has 1 saturated heterocycles. The molecule has 7 nitrogen and oxygen atoms in total. The maximum absolute atomic E-state index is 10.4. The van der Waals surface area contributed by atoms with Crippen molar-refractivity contribution in [3.8, 4) is 5.75 Å². The number of nitrogens with zero attached hydrogens (tertiary/aromatic N) is 2. The molecule has 1 fully saturated rings. The first-order valence-corrected chi connectivity index (χ1v) is 6.85. The topological polar surface area (TPSA) is 88.5 Å². The predicted octanol–water partition coefficient (Wildman–Crippen LogP) is 0.870. The molecular weight excluding hydrogens is 260 g/mol. The lowest BCUT2D eigenvalue weighted by molar-refractivity contribution is -0.0543. The molecular formula is C13H22N4O3. The summed E-state index contributed by atoms with van der Waals surface area (Å²) in [6, 6.07) is 0. The third-order valence-corrected chi connectivity index (χ3v) is 3.36. The van der Waals surface area contributed by atoms with Crippen molar-refractivity contribution in [3.05, 3.63) is 6.33 Å². The third-order valence-electron chi connectivity index (χ3n) is 3.36. The summed E-state index contributed by atoms with van der Waals surface area (Å²) in [5.41, 5.74) is -0.757. The van der Waals surface area contributed by atoms with Gasteiger partial charge >= 0.3 is 0 Å². The molecule has 7 heteroatoms. The second kappa shape index (κ2) is 6.71. The van der Waals surface area contributed by atoms with E-state index < -0.39 is 5.60 Å². The van der Waals surface area contributed by atoms with Crippen LogP contribution < -0.4 is 15.4 Å². The van der Waals surface area contributed by atoms with E-state index >= 15 is 0 Å². The summed E-state index contributed by atoms with van der Waals surface area (Å²) in [4.78, 5) is 8.32. The molecule has 0 saturated carbocycles. The summed E-state index contributed by atoms with van der Waals surface area (Å²) in [5, 5.41) is 16.7. The summed E-state index contributed by atoms with van der Waals surface area (Å²) >= 11 is 0. The fourth-order valence-electron chi connectivity index (χ4n) is 2.16. The molecule has 1 aromatic rings. The summed E-state index contributed by atoms with van der Waals surface area (Å²) in [7, 11) is 1.58. The Kier molecular flexibility index (Phi) is 4.97. The average Bonchev–Trinajstić information content (AvgIpc) is 2.46. The first-order valence-electron chi connectivity index (χ1n) is 6.85. The van der Waals surface area contributed by atoms with Gasteiger partial charge in [-0.05, 0) is 6.92 Å². The number of methoxy groups -OCH3 is 1. The molecule has 20 heavy (non-hydrogen) atoms. The van der Waals surface area contributed by atoms with Crippen LogP contribution in [0.4, 0.5) is 11.6 Å². The first kappa shape index (κ1) is 14.8. The van der Waals surface area contributed by atoms with Crippen molar-refractivity contribution in [2.24, 2.45) is 0 Å². The van der Waals surface area contributed by atoms with E-state index in [1.165, 1.54) is 6.33 Å². The number of rotatable bonds is 6. The van der Waals surface area contributed by atoms with Crippen LogP contribution in [0.1, 0.15) is 19.8 Å². The van der Waals surface area contributed by atoms with E-state index in [9.17, 15) is 5.11 Å². The van der Waals surface area contributed by atoms with E-state index in [0.29, 0.717) is 50.0 Å². The predicted molar refractivity (Wildman–Crippen MR) is 76.2 cm³/mol. The van der Waals surface area contributed by atoms with Gasteiger partial charge < -0.3 is 25.2 Å². The second-order valence-electron chi connectivity index (χ2n) is 4.82. The summed E-state index contributed by atoms with van der Waals surface area (Å²) in [6.07, 6.45) is 2.71. The molecule has 1 aliphatic rings. The number of hydrogen-bond acceptors (Lipinski definition) is 7. The van der Waals surface area contributed by atoms with E-state index in [-0.39, 0.29) is 0 Å². The normalized spacial score (nSPS) is 17.6. The van der Waals surface area contributed by atoms with Crippen molar-refractivity contribution in [2.45, 2.75) is 25.4 Å². The van der Waals surface area contributed by atoms with E-state index in [4.69, 9.17) is 9.47 Å². The number of anilines is 2. The minimum atomic E-state index is -0.757. The van der Waals surface area contributed by atoms with Crippen LogP contribution in [-0.4, -0.2) is 54.1 Å². The van der Waals surface area contributed by atoms with Crippen molar-refractivity contribution >= 4 is 11.6 Å². The van der Waals surface area contributed by atoms with Gasteiger partial charge in [-0.2, -0.15) is 0 Å². The first-order chi connectivity index (χ1) is 9.68. The molecule has 3 N–H and O–H groups in total. The van der Waals surface area contributed by atoms with Crippen molar-refractivity contribution in [1.82, 2.24) is 9.97 Å². The molecule has 0 bridgehead atoms. The fraction of sp³-hybridized carbons (Fsp3) is 0.692. The van der Waals surface area contributed by atoms with Gasteiger partial charge in [0.1, 0.15) is 6.33 Å². The van der Waals surface area contributed by atoms with Gasteiger partial charge in [0.2, 0.25) is 5.75 Å². The number of hydrogen-bond donors (Lipinski definition) is 3. The Morgan fingerprint density at radius 1 is 1.30 bits per heavy atom.